The van der Waals surface area contributed by atoms with Gasteiger partial charge in [-0.1, -0.05) is 39.3 Å². The lowest BCUT2D eigenvalue weighted by Gasteiger charge is -2.29. The topological polar surface area (TPSA) is 15.3 Å². The van der Waals surface area contributed by atoms with Crippen molar-refractivity contribution in [3.63, 3.8) is 0 Å². The number of nitrogens with zero attached hydrogens (tertiary/aromatic N) is 1. The minimum Gasteiger partial charge on any atom is -0.313 e. The largest absolute Gasteiger partial charge is 0.313 e. The summed E-state index contributed by atoms with van der Waals surface area (Å²) in [6, 6.07) is 7.29. The van der Waals surface area contributed by atoms with Crippen LogP contribution in [0.5, 0.6) is 0 Å². The lowest BCUT2D eigenvalue weighted by atomic mass is 9.98. The highest BCUT2D eigenvalue weighted by atomic mass is 19.1. The average Bonchev–Trinajstić information content (AvgIpc) is 2.40. The van der Waals surface area contributed by atoms with Gasteiger partial charge in [-0.3, -0.25) is 0 Å². The molecule has 2 nitrogen and oxygen atoms in total. The zero-order valence-electron chi connectivity index (χ0n) is 12.6. The number of hydrogen-bond acceptors (Lipinski definition) is 2. The van der Waals surface area contributed by atoms with E-state index in [-0.39, 0.29) is 5.82 Å². The van der Waals surface area contributed by atoms with Crippen LogP contribution >= 0.6 is 0 Å². The summed E-state index contributed by atoms with van der Waals surface area (Å²) in [4.78, 5) is 2.30. The van der Waals surface area contributed by atoms with Gasteiger partial charge in [0.25, 0.3) is 0 Å². The fourth-order valence-electron chi connectivity index (χ4n) is 2.29. The molecule has 0 saturated carbocycles. The van der Waals surface area contributed by atoms with Crippen LogP contribution in [0.3, 0.4) is 0 Å². The molecular formula is C16H27FN2. The van der Waals surface area contributed by atoms with Gasteiger partial charge in [-0.15, -0.1) is 0 Å². The Balaban J connectivity index is 2.51. The van der Waals surface area contributed by atoms with E-state index in [9.17, 15) is 4.39 Å². The summed E-state index contributed by atoms with van der Waals surface area (Å²) >= 11 is 0. The molecule has 0 aliphatic heterocycles. The Labute approximate surface area is 117 Å². The Hall–Kier alpha value is -0.930. The molecule has 1 N–H and O–H groups in total. The van der Waals surface area contributed by atoms with Crippen molar-refractivity contribution < 1.29 is 4.39 Å². The van der Waals surface area contributed by atoms with Crippen LogP contribution in [-0.2, 0) is 6.54 Å². The van der Waals surface area contributed by atoms with Crippen molar-refractivity contribution in [1.82, 2.24) is 10.2 Å². The molecule has 2 unspecified atom stereocenters. The first-order valence-electron chi connectivity index (χ1n) is 7.23. The Morgan fingerprint density at radius 3 is 2.37 bits per heavy atom. The number of benzene rings is 1. The van der Waals surface area contributed by atoms with Crippen LogP contribution in [0.15, 0.2) is 24.3 Å². The average molecular weight is 266 g/mol. The summed E-state index contributed by atoms with van der Waals surface area (Å²) < 4.78 is 12.9. The van der Waals surface area contributed by atoms with E-state index in [4.69, 9.17) is 0 Å². The van der Waals surface area contributed by atoms with Crippen LogP contribution in [0.25, 0.3) is 0 Å². The second-order valence-corrected chi connectivity index (χ2v) is 5.37. The van der Waals surface area contributed by atoms with Gasteiger partial charge in [-0.05, 0) is 37.2 Å². The van der Waals surface area contributed by atoms with Gasteiger partial charge in [0.1, 0.15) is 5.82 Å². The molecule has 0 heterocycles. The quantitative estimate of drug-likeness (QED) is 0.777. The van der Waals surface area contributed by atoms with Crippen molar-refractivity contribution >= 4 is 0 Å². The highest BCUT2D eigenvalue weighted by Crippen LogP contribution is 2.11. The molecule has 3 heteroatoms. The molecule has 1 rings (SSSR count). The van der Waals surface area contributed by atoms with Gasteiger partial charge in [-0.25, -0.2) is 4.39 Å². The maximum Gasteiger partial charge on any atom is 0.123 e. The normalized spacial score (nSPS) is 14.6. The van der Waals surface area contributed by atoms with Gasteiger partial charge in [0.05, 0.1) is 0 Å². The Bertz CT molecular complexity index is 350. The standard InChI is InChI=1S/C16H27FN2/c1-5-13(3)16(18-6-2)12-19(4)11-14-7-9-15(17)10-8-14/h7-10,13,16,18H,5-6,11-12H2,1-4H3. The molecule has 0 aliphatic rings. The summed E-state index contributed by atoms with van der Waals surface area (Å²) in [5, 5.41) is 3.56. The van der Waals surface area contributed by atoms with E-state index < -0.39 is 0 Å². The molecule has 2 atom stereocenters. The van der Waals surface area contributed by atoms with E-state index in [1.807, 2.05) is 12.1 Å². The second kappa shape index (κ2) is 8.28. The highest BCUT2D eigenvalue weighted by Gasteiger charge is 2.16. The highest BCUT2D eigenvalue weighted by molar-refractivity contribution is 5.15. The van der Waals surface area contributed by atoms with E-state index >= 15 is 0 Å². The molecule has 0 aliphatic carbocycles. The van der Waals surface area contributed by atoms with Gasteiger partial charge in [0.15, 0.2) is 0 Å². The van der Waals surface area contributed by atoms with Crippen molar-refractivity contribution in [1.29, 1.82) is 0 Å². The first kappa shape index (κ1) is 16.1. The zero-order chi connectivity index (χ0) is 14.3. The summed E-state index contributed by atoms with van der Waals surface area (Å²) in [5.74, 6) is 0.493. The predicted molar refractivity (Wildman–Crippen MR) is 79.7 cm³/mol. The first-order chi connectivity index (χ1) is 9.06. The molecule has 0 aromatic heterocycles. The van der Waals surface area contributed by atoms with Crippen LogP contribution in [0, 0.1) is 11.7 Å². The van der Waals surface area contributed by atoms with E-state index in [0.717, 1.165) is 25.2 Å². The lowest BCUT2D eigenvalue weighted by molar-refractivity contribution is 0.240. The Morgan fingerprint density at radius 1 is 1.21 bits per heavy atom. The molecule has 0 fully saturated rings. The van der Waals surface area contributed by atoms with E-state index in [0.29, 0.717) is 12.0 Å². The lowest BCUT2D eigenvalue weighted by Crippen LogP contribution is -2.43. The number of halogens is 1. The van der Waals surface area contributed by atoms with E-state index in [2.05, 4.69) is 38.0 Å². The number of rotatable bonds is 8. The fraction of sp³-hybridized carbons (Fsp3) is 0.625. The molecule has 0 spiro atoms. The number of hydrogen-bond donors (Lipinski definition) is 1. The first-order valence-corrected chi connectivity index (χ1v) is 7.23. The van der Waals surface area contributed by atoms with Gasteiger partial charge in [0.2, 0.25) is 0 Å². The van der Waals surface area contributed by atoms with Crippen LogP contribution < -0.4 is 5.32 Å². The fourth-order valence-corrected chi connectivity index (χ4v) is 2.29. The molecule has 1 aromatic rings. The smallest absolute Gasteiger partial charge is 0.123 e. The summed E-state index contributed by atoms with van der Waals surface area (Å²) in [6.07, 6.45) is 1.18. The van der Waals surface area contributed by atoms with Crippen LogP contribution in [0.1, 0.15) is 32.8 Å². The second-order valence-electron chi connectivity index (χ2n) is 5.37. The molecule has 0 amide bonds. The minimum absolute atomic E-state index is 0.170. The van der Waals surface area contributed by atoms with Crippen molar-refractivity contribution in [2.24, 2.45) is 5.92 Å². The van der Waals surface area contributed by atoms with Crippen LogP contribution in [-0.4, -0.2) is 31.1 Å². The van der Waals surface area contributed by atoms with E-state index in [1.165, 1.54) is 18.6 Å². The minimum atomic E-state index is -0.170. The van der Waals surface area contributed by atoms with E-state index in [1.54, 1.807) is 0 Å². The molecule has 0 radical (unpaired) electrons. The number of nitrogens with one attached hydrogen (secondary N) is 1. The van der Waals surface area contributed by atoms with Gasteiger partial charge < -0.3 is 10.2 Å². The van der Waals surface area contributed by atoms with Crippen LogP contribution in [0.4, 0.5) is 4.39 Å². The van der Waals surface area contributed by atoms with Crippen molar-refractivity contribution in [2.75, 3.05) is 20.1 Å². The van der Waals surface area contributed by atoms with Gasteiger partial charge >= 0.3 is 0 Å². The summed E-state index contributed by atoms with van der Waals surface area (Å²) in [5.41, 5.74) is 1.16. The molecule has 0 saturated heterocycles. The van der Waals surface area contributed by atoms with Crippen molar-refractivity contribution in [3.8, 4) is 0 Å². The molecule has 108 valence electrons. The SMILES string of the molecule is CCNC(CN(C)Cc1ccc(F)cc1)C(C)CC. The molecule has 19 heavy (non-hydrogen) atoms. The molecule has 1 aromatic carbocycles. The van der Waals surface area contributed by atoms with Crippen molar-refractivity contribution in [2.45, 2.75) is 39.8 Å². The van der Waals surface area contributed by atoms with Gasteiger partial charge in [-0.2, -0.15) is 0 Å². The third-order valence-electron chi connectivity index (χ3n) is 3.67. The maximum absolute atomic E-state index is 12.9. The third kappa shape index (κ3) is 5.70. The van der Waals surface area contributed by atoms with Gasteiger partial charge in [0, 0.05) is 19.1 Å². The Morgan fingerprint density at radius 2 is 1.84 bits per heavy atom. The third-order valence-corrected chi connectivity index (χ3v) is 3.67. The van der Waals surface area contributed by atoms with Crippen LogP contribution in [0.2, 0.25) is 0 Å². The summed E-state index contributed by atoms with van der Waals surface area (Å²) in [7, 11) is 2.12. The monoisotopic (exact) mass is 266 g/mol. The van der Waals surface area contributed by atoms with Crippen molar-refractivity contribution in [3.05, 3.63) is 35.6 Å². The molecule has 0 bridgehead atoms. The molecular weight excluding hydrogens is 239 g/mol. The predicted octanol–water partition coefficient (Wildman–Crippen LogP) is 3.28. The Kier molecular flexibility index (Phi) is 7.03. The maximum atomic E-state index is 12.9. The summed E-state index contributed by atoms with van der Waals surface area (Å²) in [6.45, 7) is 9.54. The number of likely N-dealkylation sites (N-methyl/N-ethyl adjacent to an activating group) is 2. The zero-order valence-corrected chi connectivity index (χ0v) is 12.6.